The second kappa shape index (κ2) is 8.72. The molecular weight excluding hydrogens is 454 g/mol. The topological polar surface area (TPSA) is 70.1 Å². The van der Waals surface area contributed by atoms with Crippen LogP contribution < -0.4 is 15.1 Å². The summed E-state index contributed by atoms with van der Waals surface area (Å²) in [6, 6.07) is 8.13. The fourth-order valence-corrected chi connectivity index (χ4v) is 3.53. The van der Waals surface area contributed by atoms with Crippen LogP contribution in [-0.2, 0) is 6.18 Å². The van der Waals surface area contributed by atoms with Crippen molar-refractivity contribution < 1.29 is 13.2 Å². The van der Waals surface area contributed by atoms with Crippen molar-refractivity contribution in [2.24, 2.45) is 0 Å². The molecule has 7 nitrogen and oxygen atoms in total. The lowest BCUT2D eigenvalue weighted by Crippen LogP contribution is -2.47. The van der Waals surface area contributed by atoms with Crippen molar-refractivity contribution in [3.63, 3.8) is 0 Å². The van der Waals surface area contributed by atoms with Crippen LogP contribution in [0.15, 0.2) is 42.6 Å². The molecule has 0 saturated carbocycles. The lowest BCUT2D eigenvalue weighted by molar-refractivity contribution is -0.137. The normalized spacial score (nSPS) is 14.6. The van der Waals surface area contributed by atoms with E-state index in [1.165, 1.54) is 12.1 Å². The number of halogens is 5. The van der Waals surface area contributed by atoms with Crippen LogP contribution in [0.4, 0.5) is 36.6 Å². The molecule has 1 saturated heterocycles. The minimum atomic E-state index is -4.40. The van der Waals surface area contributed by atoms with Gasteiger partial charge in [0.25, 0.3) is 0 Å². The number of rotatable bonds is 4. The van der Waals surface area contributed by atoms with Crippen LogP contribution in [0.2, 0.25) is 10.3 Å². The van der Waals surface area contributed by atoms with E-state index < -0.39 is 11.7 Å². The molecule has 4 rings (SSSR count). The Hall–Kier alpha value is -2.85. The van der Waals surface area contributed by atoms with E-state index in [4.69, 9.17) is 23.2 Å². The van der Waals surface area contributed by atoms with E-state index in [1.807, 2.05) is 4.90 Å². The minimum absolute atomic E-state index is 0.0189. The molecule has 12 heteroatoms. The SMILES string of the molecule is FC(F)(F)c1ccc(Nc2nc(Cl)nc(N3CCN(c4ncccc4Cl)CC3)n2)cc1. The van der Waals surface area contributed by atoms with Gasteiger partial charge in [-0.15, -0.1) is 0 Å². The Morgan fingerprint density at radius 3 is 2.19 bits per heavy atom. The molecule has 1 aliphatic heterocycles. The number of benzene rings is 1. The van der Waals surface area contributed by atoms with E-state index in [-0.39, 0.29) is 11.2 Å². The van der Waals surface area contributed by atoms with E-state index >= 15 is 0 Å². The largest absolute Gasteiger partial charge is 0.416 e. The fraction of sp³-hybridized carbons (Fsp3) is 0.263. The lowest BCUT2D eigenvalue weighted by Gasteiger charge is -2.35. The number of nitrogens with one attached hydrogen (secondary N) is 1. The number of aromatic nitrogens is 4. The first-order valence-electron chi connectivity index (χ1n) is 9.26. The average molecular weight is 470 g/mol. The quantitative estimate of drug-likeness (QED) is 0.595. The van der Waals surface area contributed by atoms with Crippen LogP contribution in [0.25, 0.3) is 0 Å². The summed E-state index contributed by atoms with van der Waals surface area (Å²) in [7, 11) is 0. The number of nitrogens with zero attached hydrogens (tertiary/aromatic N) is 6. The summed E-state index contributed by atoms with van der Waals surface area (Å²) in [6.45, 7) is 2.52. The third-order valence-corrected chi connectivity index (χ3v) is 5.13. The van der Waals surface area contributed by atoms with Gasteiger partial charge in [-0.1, -0.05) is 11.6 Å². The number of piperazine rings is 1. The maximum Gasteiger partial charge on any atom is 0.416 e. The maximum absolute atomic E-state index is 12.7. The van der Waals surface area contributed by atoms with Crippen LogP contribution >= 0.6 is 23.2 Å². The van der Waals surface area contributed by atoms with Crippen LogP contribution in [0.3, 0.4) is 0 Å². The first-order chi connectivity index (χ1) is 14.8. The van der Waals surface area contributed by atoms with E-state index in [0.717, 1.165) is 18.0 Å². The molecule has 2 aromatic heterocycles. The number of hydrogen-bond donors (Lipinski definition) is 1. The Labute approximate surface area is 185 Å². The predicted molar refractivity (Wildman–Crippen MR) is 113 cm³/mol. The van der Waals surface area contributed by atoms with Crippen LogP contribution in [0, 0.1) is 0 Å². The molecule has 0 atom stereocenters. The van der Waals surface area contributed by atoms with Crippen LogP contribution in [-0.4, -0.2) is 46.1 Å². The van der Waals surface area contributed by atoms with Gasteiger partial charge in [-0.2, -0.15) is 28.1 Å². The van der Waals surface area contributed by atoms with Gasteiger partial charge in [0, 0.05) is 38.1 Å². The molecular formula is C19H16Cl2F3N7. The monoisotopic (exact) mass is 469 g/mol. The highest BCUT2D eigenvalue weighted by molar-refractivity contribution is 6.32. The molecule has 1 N–H and O–H groups in total. The molecule has 1 fully saturated rings. The van der Waals surface area contributed by atoms with E-state index in [1.54, 1.807) is 18.3 Å². The van der Waals surface area contributed by atoms with Crippen molar-refractivity contribution in [3.8, 4) is 0 Å². The van der Waals surface area contributed by atoms with Crippen molar-refractivity contribution >= 4 is 46.6 Å². The molecule has 0 radical (unpaired) electrons. The maximum atomic E-state index is 12.7. The van der Waals surface area contributed by atoms with E-state index in [9.17, 15) is 13.2 Å². The predicted octanol–water partition coefficient (Wildman–Crippen LogP) is 4.66. The Balaban J connectivity index is 1.45. The second-order valence-corrected chi connectivity index (χ2v) is 7.46. The highest BCUT2D eigenvalue weighted by Crippen LogP contribution is 2.30. The van der Waals surface area contributed by atoms with Gasteiger partial charge >= 0.3 is 6.18 Å². The van der Waals surface area contributed by atoms with Crippen molar-refractivity contribution in [2.75, 3.05) is 41.3 Å². The van der Waals surface area contributed by atoms with Crippen molar-refractivity contribution in [3.05, 3.63) is 58.5 Å². The number of hydrogen-bond acceptors (Lipinski definition) is 7. The van der Waals surface area contributed by atoms with Gasteiger partial charge in [-0.3, -0.25) is 0 Å². The number of anilines is 4. The second-order valence-electron chi connectivity index (χ2n) is 6.71. The van der Waals surface area contributed by atoms with E-state index in [0.29, 0.717) is 42.8 Å². The van der Waals surface area contributed by atoms with Crippen LogP contribution in [0.1, 0.15) is 5.56 Å². The van der Waals surface area contributed by atoms with Gasteiger partial charge in [-0.05, 0) is 48.0 Å². The van der Waals surface area contributed by atoms with Crippen molar-refractivity contribution in [2.45, 2.75) is 6.18 Å². The minimum Gasteiger partial charge on any atom is -0.352 e. The molecule has 1 aromatic carbocycles. The zero-order chi connectivity index (χ0) is 22.0. The highest BCUT2D eigenvalue weighted by atomic mass is 35.5. The Morgan fingerprint density at radius 2 is 1.55 bits per heavy atom. The molecule has 0 amide bonds. The van der Waals surface area contributed by atoms with Gasteiger partial charge in [0.15, 0.2) is 0 Å². The van der Waals surface area contributed by atoms with Crippen LogP contribution in [0.5, 0.6) is 0 Å². The van der Waals surface area contributed by atoms with Gasteiger partial charge in [0.1, 0.15) is 5.82 Å². The summed E-state index contributed by atoms with van der Waals surface area (Å²) >= 11 is 12.3. The summed E-state index contributed by atoms with van der Waals surface area (Å²) in [5.74, 6) is 1.24. The van der Waals surface area contributed by atoms with Gasteiger partial charge in [0.05, 0.1) is 10.6 Å². The zero-order valence-electron chi connectivity index (χ0n) is 15.9. The van der Waals surface area contributed by atoms with Crippen molar-refractivity contribution in [1.29, 1.82) is 0 Å². The summed E-state index contributed by atoms with van der Waals surface area (Å²) in [4.78, 5) is 20.9. The first-order valence-corrected chi connectivity index (χ1v) is 10.0. The molecule has 0 bridgehead atoms. The van der Waals surface area contributed by atoms with Gasteiger partial charge in [0.2, 0.25) is 17.2 Å². The smallest absolute Gasteiger partial charge is 0.352 e. The summed E-state index contributed by atoms with van der Waals surface area (Å²) in [5, 5.41) is 3.43. The molecule has 1 aliphatic rings. The molecule has 0 spiro atoms. The standard InChI is InChI=1S/C19H16Cl2F3N7/c20-14-2-1-7-25-15(14)30-8-10-31(11-9-30)18-28-16(21)27-17(29-18)26-13-5-3-12(4-6-13)19(22,23)24/h1-7H,8-11H2,(H,26,27,28,29). The summed E-state index contributed by atoms with van der Waals surface area (Å²) in [6.07, 6.45) is -2.71. The Morgan fingerprint density at radius 1 is 0.871 bits per heavy atom. The van der Waals surface area contributed by atoms with Gasteiger partial charge < -0.3 is 15.1 Å². The molecule has 0 aliphatic carbocycles. The number of alkyl halides is 3. The number of pyridine rings is 1. The average Bonchev–Trinajstić information content (AvgIpc) is 2.74. The Bertz CT molecular complexity index is 1060. The third-order valence-electron chi connectivity index (χ3n) is 4.67. The molecule has 3 heterocycles. The zero-order valence-corrected chi connectivity index (χ0v) is 17.5. The van der Waals surface area contributed by atoms with Crippen molar-refractivity contribution in [1.82, 2.24) is 19.9 Å². The molecule has 3 aromatic rings. The molecule has 162 valence electrons. The summed E-state index contributed by atoms with van der Waals surface area (Å²) < 4.78 is 38.2. The third kappa shape index (κ3) is 5.08. The highest BCUT2D eigenvalue weighted by Gasteiger charge is 2.30. The first kappa shape index (κ1) is 21.4. The summed E-state index contributed by atoms with van der Waals surface area (Å²) in [5.41, 5.74) is -0.339. The van der Waals surface area contributed by atoms with Gasteiger partial charge in [-0.25, -0.2) is 4.98 Å². The Kier molecular flexibility index (Phi) is 6.01. The lowest BCUT2D eigenvalue weighted by atomic mass is 10.2. The molecule has 0 unspecified atom stereocenters. The molecule has 31 heavy (non-hydrogen) atoms. The fourth-order valence-electron chi connectivity index (χ4n) is 3.14. The van der Waals surface area contributed by atoms with E-state index in [2.05, 4.69) is 30.2 Å².